The maximum absolute atomic E-state index is 13.1. The molecule has 0 radical (unpaired) electrons. The van der Waals surface area contributed by atoms with Gasteiger partial charge >= 0.3 is 6.18 Å². The Kier molecular flexibility index (Phi) is 4.28. The summed E-state index contributed by atoms with van der Waals surface area (Å²) in [4.78, 5) is 4.12. The molecule has 0 spiro atoms. The fraction of sp³-hybridized carbons (Fsp3) is 0.167. The van der Waals surface area contributed by atoms with Crippen molar-refractivity contribution < 1.29 is 18.3 Å². The molecule has 0 fully saturated rings. The van der Waals surface area contributed by atoms with E-state index in [-0.39, 0.29) is 18.5 Å². The van der Waals surface area contributed by atoms with Gasteiger partial charge in [0.15, 0.2) is 0 Å². The number of rotatable bonds is 2. The molecular weight excluding hydrogens is 317 g/mol. The van der Waals surface area contributed by atoms with Crippen LogP contribution in [0.25, 0.3) is 16.7 Å². The molecule has 0 aliphatic heterocycles. The third kappa shape index (κ3) is 3.12. The normalized spacial score (nSPS) is 11.3. The number of halogens is 3. The minimum atomic E-state index is -4.45. The Hall–Kier alpha value is -2.78. The van der Waals surface area contributed by atoms with Gasteiger partial charge in [0.25, 0.3) is 0 Å². The molecule has 0 saturated heterocycles. The van der Waals surface area contributed by atoms with E-state index in [2.05, 4.69) is 16.8 Å². The second kappa shape index (κ2) is 6.38. The van der Waals surface area contributed by atoms with Gasteiger partial charge in [0, 0.05) is 12.1 Å². The Balaban J connectivity index is 2.23. The second-order valence-corrected chi connectivity index (χ2v) is 5.14. The van der Waals surface area contributed by atoms with Crippen LogP contribution < -0.4 is 0 Å². The fourth-order valence-electron chi connectivity index (χ4n) is 2.53. The van der Waals surface area contributed by atoms with Crippen LogP contribution in [0.5, 0.6) is 0 Å². The van der Waals surface area contributed by atoms with Crippen molar-refractivity contribution in [3.05, 3.63) is 59.9 Å². The minimum absolute atomic E-state index is 0.0967. The zero-order chi connectivity index (χ0) is 17.2. The molecule has 0 unspecified atom stereocenters. The number of nitrogens with zero attached hydrogens (tertiary/aromatic N) is 2. The van der Waals surface area contributed by atoms with Gasteiger partial charge in [-0.3, -0.25) is 4.57 Å². The van der Waals surface area contributed by atoms with E-state index in [0.717, 1.165) is 17.8 Å². The van der Waals surface area contributed by atoms with E-state index < -0.39 is 11.7 Å². The van der Waals surface area contributed by atoms with Gasteiger partial charge < -0.3 is 5.11 Å². The molecule has 1 N–H and O–H groups in total. The fourth-order valence-corrected chi connectivity index (χ4v) is 2.53. The lowest BCUT2D eigenvalue weighted by atomic mass is 10.0. The topological polar surface area (TPSA) is 38.1 Å². The Labute approximate surface area is 136 Å². The molecule has 2 aromatic carbocycles. The van der Waals surface area contributed by atoms with Crippen LogP contribution in [0.1, 0.15) is 11.1 Å². The highest BCUT2D eigenvalue weighted by atomic mass is 19.4. The summed E-state index contributed by atoms with van der Waals surface area (Å²) in [6, 6.07) is 11.4. The van der Waals surface area contributed by atoms with Crippen molar-refractivity contribution in [2.24, 2.45) is 0 Å². The highest BCUT2D eigenvalue weighted by Gasteiger charge is 2.32. The first-order chi connectivity index (χ1) is 11.5. The SMILES string of the molecule is OCC#CCc1cc(C(F)(F)F)cc2ncn(-c3ccccc3)c12. The largest absolute Gasteiger partial charge is 0.416 e. The molecule has 0 amide bonds. The number of hydrogen-bond acceptors (Lipinski definition) is 2. The van der Waals surface area contributed by atoms with Crippen LogP contribution in [0, 0.1) is 11.8 Å². The van der Waals surface area contributed by atoms with E-state index in [4.69, 9.17) is 5.11 Å². The Morgan fingerprint density at radius 2 is 1.83 bits per heavy atom. The highest BCUT2D eigenvalue weighted by Crippen LogP contribution is 2.33. The van der Waals surface area contributed by atoms with Crippen LogP contribution in [0.2, 0.25) is 0 Å². The quantitative estimate of drug-likeness (QED) is 0.729. The number of hydrogen-bond donors (Lipinski definition) is 1. The van der Waals surface area contributed by atoms with Crippen molar-refractivity contribution in [2.45, 2.75) is 12.6 Å². The lowest BCUT2D eigenvalue weighted by molar-refractivity contribution is -0.137. The molecular formula is C18H13F3N2O. The van der Waals surface area contributed by atoms with Crippen molar-refractivity contribution in [3.8, 4) is 17.5 Å². The zero-order valence-corrected chi connectivity index (χ0v) is 12.5. The van der Waals surface area contributed by atoms with Crippen molar-refractivity contribution >= 4 is 11.0 Å². The lowest BCUT2D eigenvalue weighted by Gasteiger charge is -2.11. The molecule has 0 aliphatic rings. The number of alkyl halides is 3. The van der Waals surface area contributed by atoms with Crippen LogP contribution in [0.15, 0.2) is 48.8 Å². The molecule has 0 atom stereocenters. The molecule has 0 aliphatic carbocycles. The highest BCUT2D eigenvalue weighted by molar-refractivity contribution is 5.82. The molecule has 24 heavy (non-hydrogen) atoms. The van der Waals surface area contributed by atoms with Gasteiger partial charge in [-0.05, 0) is 29.8 Å². The number of benzene rings is 2. The predicted octanol–water partition coefficient (Wildman–Crippen LogP) is 3.58. The minimum Gasteiger partial charge on any atom is -0.384 e. The van der Waals surface area contributed by atoms with E-state index in [1.165, 1.54) is 6.33 Å². The maximum Gasteiger partial charge on any atom is 0.416 e. The van der Waals surface area contributed by atoms with E-state index in [1.807, 2.05) is 30.3 Å². The standard InChI is InChI=1S/C18H13F3N2O/c19-18(20,21)14-10-13(6-4-5-9-24)17-16(11-14)22-12-23(17)15-7-2-1-3-8-15/h1-3,7-8,10-12,24H,6,9H2. The molecule has 3 nitrogen and oxygen atoms in total. The molecule has 122 valence electrons. The van der Waals surface area contributed by atoms with Crippen molar-refractivity contribution in [1.29, 1.82) is 0 Å². The van der Waals surface area contributed by atoms with Crippen LogP contribution in [-0.4, -0.2) is 21.3 Å². The third-order valence-electron chi connectivity index (χ3n) is 3.57. The average Bonchev–Trinajstić information content (AvgIpc) is 2.99. The summed E-state index contributed by atoms with van der Waals surface area (Å²) in [5, 5.41) is 8.76. The molecule has 1 heterocycles. The summed E-state index contributed by atoms with van der Waals surface area (Å²) in [6.45, 7) is -0.333. The summed E-state index contributed by atoms with van der Waals surface area (Å²) in [5.74, 6) is 5.15. The van der Waals surface area contributed by atoms with Gasteiger partial charge in [0.05, 0.1) is 16.6 Å². The molecule has 0 saturated carbocycles. The summed E-state index contributed by atoms with van der Waals surface area (Å²) < 4.78 is 41.1. The molecule has 3 rings (SSSR count). The number of imidazole rings is 1. The first-order valence-corrected chi connectivity index (χ1v) is 7.20. The van der Waals surface area contributed by atoms with Gasteiger partial charge in [-0.15, -0.1) is 0 Å². The number of aliphatic hydroxyl groups is 1. The van der Waals surface area contributed by atoms with Crippen molar-refractivity contribution in [3.63, 3.8) is 0 Å². The van der Waals surface area contributed by atoms with E-state index in [9.17, 15) is 13.2 Å². The predicted molar refractivity (Wildman–Crippen MR) is 84.6 cm³/mol. The monoisotopic (exact) mass is 330 g/mol. The smallest absolute Gasteiger partial charge is 0.384 e. The number of fused-ring (bicyclic) bond motifs is 1. The summed E-state index contributed by atoms with van der Waals surface area (Å²) in [5.41, 5.74) is 1.31. The molecule has 0 bridgehead atoms. The van der Waals surface area contributed by atoms with E-state index >= 15 is 0 Å². The zero-order valence-electron chi connectivity index (χ0n) is 12.5. The van der Waals surface area contributed by atoms with Crippen LogP contribution >= 0.6 is 0 Å². The molecule has 3 aromatic rings. The number of aliphatic hydroxyl groups excluding tert-OH is 1. The first kappa shape index (κ1) is 16.1. The summed E-state index contributed by atoms with van der Waals surface area (Å²) in [7, 11) is 0. The summed E-state index contributed by atoms with van der Waals surface area (Å²) in [6.07, 6.45) is -2.85. The van der Waals surface area contributed by atoms with Crippen LogP contribution in [-0.2, 0) is 12.6 Å². The number of para-hydroxylation sites is 1. The Morgan fingerprint density at radius 3 is 2.50 bits per heavy atom. The van der Waals surface area contributed by atoms with E-state index in [0.29, 0.717) is 11.1 Å². The van der Waals surface area contributed by atoms with Crippen molar-refractivity contribution in [1.82, 2.24) is 9.55 Å². The van der Waals surface area contributed by atoms with E-state index in [1.54, 1.807) is 4.57 Å². The van der Waals surface area contributed by atoms with Gasteiger partial charge in [0.1, 0.15) is 12.9 Å². The molecule has 1 aromatic heterocycles. The van der Waals surface area contributed by atoms with Crippen LogP contribution in [0.4, 0.5) is 13.2 Å². The van der Waals surface area contributed by atoms with Crippen molar-refractivity contribution in [2.75, 3.05) is 6.61 Å². The van der Waals surface area contributed by atoms with Gasteiger partial charge in [-0.2, -0.15) is 13.2 Å². The van der Waals surface area contributed by atoms with Crippen LogP contribution in [0.3, 0.4) is 0 Å². The maximum atomic E-state index is 13.1. The molecule has 6 heteroatoms. The Morgan fingerprint density at radius 1 is 1.08 bits per heavy atom. The van der Waals surface area contributed by atoms with Gasteiger partial charge in [0.2, 0.25) is 0 Å². The number of aromatic nitrogens is 2. The third-order valence-corrected chi connectivity index (χ3v) is 3.57. The van der Waals surface area contributed by atoms with Gasteiger partial charge in [-0.1, -0.05) is 30.0 Å². The second-order valence-electron chi connectivity index (χ2n) is 5.14. The van der Waals surface area contributed by atoms with Gasteiger partial charge in [-0.25, -0.2) is 4.98 Å². The Bertz CT molecular complexity index is 918. The summed E-state index contributed by atoms with van der Waals surface area (Å²) >= 11 is 0. The lowest BCUT2D eigenvalue weighted by Crippen LogP contribution is -2.06. The first-order valence-electron chi connectivity index (χ1n) is 7.20. The average molecular weight is 330 g/mol.